The van der Waals surface area contributed by atoms with Gasteiger partial charge in [0.2, 0.25) is 0 Å². The average Bonchev–Trinajstić information content (AvgIpc) is 2.33. The van der Waals surface area contributed by atoms with Crippen molar-refractivity contribution in [3.8, 4) is 0 Å². The van der Waals surface area contributed by atoms with E-state index in [1.54, 1.807) is 36.5 Å². The molecular formula is C13H10ClIN2O. The molecule has 0 unspecified atom stereocenters. The Hall–Kier alpha value is -1.14. The molecule has 18 heavy (non-hydrogen) atoms. The Balaban J connectivity index is 2.24. The topological polar surface area (TPSA) is 42.0 Å². The number of hydrogen-bond acceptors (Lipinski definition) is 2. The van der Waals surface area contributed by atoms with Gasteiger partial charge in [-0.15, -0.1) is 0 Å². The molecule has 1 amide bonds. The maximum Gasteiger partial charge on any atom is 0.257 e. The normalized spacial score (nSPS) is 10.2. The number of benzene rings is 1. The molecule has 0 saturated carbocycles. The fourth-order valence-electron chi connectivity index (χ4n) is 1.50. The van der Waals surface area contributed by atoms with Gasteiger partial charge in [-0.3, -0.25) is 9.78 Å². The number of halogens is 2. The van der Waals surface area contributed by atoms with Gasteiger partial charge in [0.15, 0.2) is 0 Å². The van der Waals surface area contributed by atoms with Crippen LogP contribution in [-0.2, 0) is 0 Å². The van der Waals surface area contributed by atoms with Crippen molar-refractivity contribution < 1.29 is 4.79 Å². The van der Waals surface area contributed by atoms with Crippen LogP contribution >= 0.6 is 34.2 Å². The zero-order valence-electron chi connectivity index (χ0n) is 9.58. The summed E-state index contributed by atoms with van der Waals surface area (Å²) in [5.41, 5.74) is 2.02. The Kier molecular flexibility index (Phi) is 4.19. The molecule has 0 atom stereocenters. The third-order valence-corrected chi connectivity index (χ3v) is 3.56. The molecule has 1 aromatic carbocycles. The summed E-state index contributed by atoms with van der Waals surface area (Å²) in [6.07, 6.45) is 1.66. The van der Waals surface area contributed by atoms with Crippen LogP contribution in [0.3, 0.4) is 0 Å². The SMILES string of the molecule is Cc1ncccc1C(=O)Nc1ccc(Cl)cc1I. The highest BCUT2D eigenvalue weighted by molar-refractivity contribution is 14.1. The van der Waals surface area contributed by atoms with Crippen LogP contribution in [0.4, 0.5) is 5.69 Å². The first kappa shape index (κ1) is 13.3. The zero-order chi connectivity index (χ0) is 13.1. The number of aromatic nitrogens is 1. The number of carbonyl (C=O) groups is 1. The first-order chi connectivity index (χ1) is 8.58. The zero-order valence-corrected chi connectivity index (χ0v) is 12.5. The van der Waals surface area contributed by atoms with Crippen LogP contribution in [0.2, 0.25) is 5.02 Å². The summed E-state index contributed by atoms with van der Waals surface area (Å²) in [7, 11) is 0. The molecule has 0 aliphatic carbocycles. The molecule has 2 rings (SSSR count). The summed E-state index contributed by atoms with van der Waals surface area (Å²) < 4.78 is 0.898. The number of amides is 1. The molecule has 1 N–H and O–H groups in total. The number of nitrogens with one attached hydrogen (secondary N) is 1. The summed E-state index contributed by atoms with van der Waals surface area (Å²) in [5, 5.41) is 3.50. The molecule has 0 radical (unpaired) electrons. The molecule has 1 aromatic heterocycles. The van der Waals surface area contributed by atoms with Crippen molar-refractivity contribution >= 4 is 45.8 Å². The second kappa shape index (κ2) is 5.67. The van der Waals surface area contributed by atoms with E-state index in [2.05, 4.69) is 32.9 Å². The minimum atomic E-state index is -0.166. The van der Waals surface area contributed by atoms with Gasteiger partial charge >= 0.3 is 0 Å². The van der Waals surface area contributed by atoms with Crippen LogP contribution in [0, 0.1) is 10.5 Å². The van der Waals surface area contributed by atoms with Crippen molar-refractivity contribution in [2.24, 2.45) is 0 Å². The first-order valence-corrected chi connectivity index (χ1v) is 6.71. The van der Waals surface area contributed by atoms with Gasteiger partial charge in [0.05, 0.1) is 11.3 Å². The first-order valence-electron chi connectivity index (χ1n) is 5.26. The van der Waals surface area contributed by atoms with Crippen molar-refractivity contribution in [1.29, 1.82) is 0 Å². The number of aryl methyl sites for hydroxylation is 1. The molecule has 1 heterocycles. The fraction of sp³-hybridized carbons (Fsp3) is 0.0769. The van der Waals surface area contributed by atoms with Gasteiger partial charge < -0.3 is 5.32 Å². The van der Waals surface area contributed by atoms with E-state index in [1.165, 1.54) is 0 Å². The van der Waals surface area contributed by atoms with E-state index in [9.17, 15) is 4.79 Å². The Morgan fingerprint density at radius 3 is 2.83 bits per heavy atom. The smallest absolute Gasteiger partial charge is 0.257 e. The number of nitrogens with zero attached hydrogens (tertiary/aromatic N) is 1. The molecule has 92 valence electrons. The Morgan fingerprint density at radius 2 is 2.17 bits per heavy atom. The van der Waals surface area contributed by atoms with Crippen LogP contribution in [0.5, 0.6) is 0 Å². The largest absolute Gasteiger partial charge is 0.321 e. The molecule has 0 bridgehead atoms. The maximum atomic E-state index is 12.1. The summed E-state index contributed by atoms with van der Waals surface area (Å²) in [4.78, 5) is 16.2. The van der Waals surface area contributed by atoms with Crippen molar-refractivity contribution in [3.05, 3.63) is 56.4 Å². The summed E-state index contributed by atoms with van der Waals surface area (Å²) >= 11 is 8.00. The quantitative estimate of drug-likeness (QED) is 0.813. The number of carbonyl (C=O) groups excluding carboxylic acids is 1. The standard InChI is InChI=1S/C13H10ClIN2O/c1-8-10(3-2-6-16-8)13(18)17-12-5-4-9(14)7-11(12)15/h2-7H,1H3,(H,17,18). The highest BCUT2D eigenvalue weighted by Gasteiger charge is 2.11. The van der Waals surface area contributed by atoms with Gasteiger partial charge in [-0.25, -0.2) is 0 Å². The monoisotopic (exact) mass is 372 g/mol. The molecule has 2 aromatic rings. The average molecular weight is 373 g/mol. The number of rotatable bonds is 2. The molecule has 0 saturated heterocycles. The highest BCUT2D eigenvalue weighted by atomic mass is 127. The molecule has 0 fully saturated rings. The predicted octanol–water partition coefficient (Wildman–Crippen LogP) is 3.90. The lowest BCUT2D eigenvalue weighted by Gasteiger charge is -2.08. The highest BCUT2D eigenvalue weighted by Crippen LogP contribution is 2.23. The van der Waals surface area contributed by atoms with Gasteiger partial charge in [0.25, 0.3) is 5.91 Å². The molecule has 3 nitrogen and oxygen atoms in total. The van der Waals surface area contributed by atoms with Crippen LogP contribution < -0.4 is 5.32 Å². The van der Waals surface area contributed by atoms with Gasteiger partial charge in [0.1, 0.15) is 0 Å². The molecule has 0 aliphatic heterocycles. The van der Waals surface area contributed by atoms with Crippen LogP contribution in [0.1, 0.15) is 16.1 Å². The second-order valence-corrected chi connectivity index (χ2v) is 5.31. The second-order valence-electron chi connectivity index (χ2n) is 3.71. The van der Waals surface area contributed by atoms with E-state index in [0.29, 0.717) is 16.3 Å². The number of pyridine rings is 1. The lowest BCUT2D eigenvalue weighted by molar-refractivity contribution is 0.102. The Morgan fingerprint density at radius 1 is 1.39 bits per heavy atom. The van der Waals surface area contributed by atoms with Crippen LogP contribution in [-0.4, -0.2) is 10.9 Å². The molecule has 0 aliphatic rings. The lowest BCUT2D eigenvalue weighted by Crippen LogP contribution is -2.14. The van der Waals surface area contributed by atoms with Crippen LogP contribution in [0.15, 0.2) is 36.5 Å². The van der Waals surface area contributed by atoms with Crippen molar-refractivity contribution in [3.63, 3.8) is 0 Å². The Labute approximate surface area is 124 Å². The Bertz CT molecular complexity index is 601. The summed E-state index contributed by atoms with van der Waals surface area (Å²) in [5.74, 6) is -0.166. The number of hydrogen-bond donors (Lipinski definition) is 1. The van der Waals surface area contributed by atoms with Crippen LogP contribution in [0.25, 0.3) is 0 Å². The van der Waals surface area contributed by atoms with Crippen molar-refractivity contribution in [2.45, 2.75) is 6.92 Å². The van der Waals surface area contributed by atoms with E-state index >= 15 is 0 Å². The fourth-order valence-corrected chi connectivity index (χ4v) is 2.51. The molecular weight excluding hydrogens is 363 g/mol. The van der Waals surface area contributed by atoms with Gasteiger partial charge in [0, 0.05) is 20.5 Å². The minimum Gasteiger partial charge on any atom is -0.321 e. The van der Waals surface area contributed by atoms with E-state index in [4.69, 9.17) is 11.6 Å². The minimum absolute atomic E-state index is 0.166. The van der Waals surface area contributed by atoms with Gasteiger partial charge in [-0.05, 0) is 59.8 Å². The third-order valence-electron chi connectivity index (χ3n) is 2.43. The molecule has 5 heteroatoms. The van der Waals surface area contributed by atoms with E-state index < -0.39 is 0 Å². The number of anilines is 1. The lowest BCUT2D eigenvalue weighted by atomic mass is 10.2. The summed E-state index contributed by atoms with van der Waals surface area (Å²) in [6, 6.07) is 8.83. The summed E-state index contributed by atoms with van der Waals surface area (Å²) in [6.45, 7) is 1.81. The van der Waals surface area contributed by atoms with E-state index in [1.807, 2.05) is 6.92 Å². The third kappa shape index (κ3) is 3.00. The van der Waals surface area contributed by atoms with Crippen molar-refractivity contribution in [1.82, 2.24) is 4.98 Å². The maximum absolute atomic E-state index is 12.1. The van der Waals surface area contributed by atoms with Gasteiger partial charge in [-0.2, -0.15) is 0 Å². The van der Waals surface area contributed by atoms with Gasteiger partial charge in [-0.1, -0.05) is 11.6 Å². The van der Waals surface area contributed by atoms with E-state index in [0.717, 1.165) is 9.26 Å². The molecule has 0 spiro atoms. The predicted molar refractivity (Wildman–Crippen MR) is 81.1 cm³/mol. The van der Waals surface area contributed by atoms with Crippen molar-refractivity contribution in [2.75, 3.05) is 5.32 Å². The van der Waals surface area contributed by atoms with E-state index in [-0.39, 0.29) is 5.91 Å².